The SMILES string of the molecule is COc1cccc(/C=N\NC(=O)c2ccc(C)o2)c1OC. The smallest absolute Gasteiger partial charge is 0.307 e. The number of para-hydroxylation sites is 1. The van der Waals surface area contributed by atoms with Crippen LogP contribution in [0.1, 0.15) is 21.9 Å². The van der Waals surface area contributed by atoms with Gasteiger partial charge in [0, 0.05) is 5.56 Å². The van der Waals surface area contributed by atoms with Gasteiger partial charge in [-0.15, -0.1) is 0 Å². The van der Waals surface area contributed by atoms with Crippen molar-refractivity contribution in [3.63, 3.8) is 0 Å². The number of rotatable bonds is 5. The van der Waals surface area contributed by atoms with Crippen LogP contribution in [0.5, 0.6) is 11.5 Å². The largest absolute Gasteiger partial charge is 0.493 e. The first-order chi connectivity index (χ1) is 10.2. The molecule has 1 aromatic carbocycles. The third-order valence-electron chi connectivity index (χ3n) is 2.77. The van der Waals surface area contributed by atoms with Crippen molar-refractivity contribution in [1.82, 2.24) is 5.43 Å². The summed E-state index contributed by atoms with van der Waals surface area (Å²) < 4.78 is 15.7. The highest BCUT2D eigenvalue weighted by Gasteiger charge is 2.09. The van der Waals surface area contributed by atoms with Gasteiger partial charge in [-0.3, -0.25) is 4.79 Å². The van der Waals surface area contributed by atoms with Crippen molar-refractivity contribution < 1.29 is 18.7 Å². The van der Waals surface area contributed by atoms with Crippen LogP contribution in [0.2, 0.25) is 0 Å². The molecule has 0 saturated heterocycles. The zero-order valence-electron chi connectivity index (χ0n) is 12.0. The molecule has 2 rings (SSSR count). The fourth-order valence-electron chi connectivity index (χ4n) is 1.79. The molecule has 0 fully saturated rings. The Balaban J connectivity index is 2.09. The number of hydrazone groups is 1. The van der Waals surface area contributed by atoms with E-state index in [0.29, 0.717) is 22.8 Å². The Bertz CT molecular complexity index is 661. The van der Waals surface area contributed by atoms with Crippen LogP contribution in [0.25, 0.3) is 0 Å². The van der Waals surface area contributed by atoms with Crippen LogP contribution in [-0.2, 0) is 0 Å². The summed E-state index contributed by atoms with van der Waals surface area (Å²) in [6.07, 6.45) is 1.48. The van der Waals surface area contributed by atoms with Gasteiger partial charge in [0.25, 0.3) is 0 Å². The number of amides is 1. The highest BCUT2D eigenvalue weighted by Crippen LogP contribution is 2.29. The minimum absolute atomic E-state index is 0.210. The number of methoxy groups -OCH3 is 2. The van der Waals surface area contributed by atoms with Gasteiger partial charge in [0.1, 0.15) is 5.76 Å². The maximum absolute atomic E-state index is 11.8. The summed E-state index contributed by atoms with van der Waals surface area (Å²) in [4.78, 5) is 11.8. The topological polar surface area (TPSA) is 73.1 Å². The molecule has 0 unspecified atom stereocenters. The van der Waals surface area contributed by atoms with Crippen molar-refractivity contribution >= 4 is 12.1 Å². The summed E-state index contributed by atoms with van der Waals surface area (Å²) in [5.74, 6) is 1.60. The summed E-state index contributed by atoms with van der Waals surface area (Å²) >= 11 is 0. The first-order valence-electron chi connectivity index (χ1n) is 6.26. The van der Waals surface area contributed by atoms with Crippen LogP contribution in [0.4, 0.5) is 0 Å². The Morgan fingerprint density at radius 2 is 2.05 bits per heavy atom. The lowest BCUT2D eigenvalue weighted by Gasteiger charge is -2.09. The maximum atomic E-state index is 11.8. The highest BCUT2D eigenvalue weighted by atomic mass is 16.5. The fourth-order valence-corrected chi connectivity index (χ4v) is 1.79. The van der Waals surface area contributed by atoms with Gasteiger partial charge in [-0.1, -0.05) is 6.07 Å². The van der Waals surface area contributed by atoms with Gasteiger partial charge >= 0.3 is 5.91 Å². The Kier molecular flexibility index (Phi) is 4.61. The molecule has 2 aromatic rings. The van der Waals surface area contributed by atoms with Gasteiger partial charge in [0.05, 0.1) is 20.4 Å². The molecular formula is C15H16N2O4. The van der Waals surface area contributed by atoms with Crippen LogP contribution in [0.3, 0.4) is 0 Å². The summed E-state index contributed by atoms with van der Waals surface area (Å²) in [5, 5.41) is 3.89. The van der Waals surface area contributed by atoms with E-state index in [4.69, 9.17) is 13.9 Å². The van der Waals surface area contributed by atoms with Gasteiger partial charge in [0.2, 0.25) is 0 Å². The van der Waals surface area contributed by atoms with Crippen LogP contribution in [0, 0.1) is 6.92 Å². The molecule has 0 aliphatic heterocycles. The average Bonchev–Trinajstić information content (AvgIpc) is 2.93. The highest BCUT2D eigenvalue weighted by molar-refractivity contribution is 5.93. The third kappa shape index (κ3) is 3.42. The lowest BCUT2D eigenvalue weighted by atomic mass is 10.2. The number of aryl methyl sites for hydroxylation is 1. The van der Waals surface area contributed by atoms with Crippen molar-refractivity contribution in [2.45, 2.75) is 6.92 Å². The van der Waals surface area contributed by atoms with Crippen LogP contribution in [0.15, 0.2) is 39.9 Å². The first kappa shape index (κ1) is 14.6. The molecule has 1 heterocycles. The number of hydrogen-bond acceptors (Lipinski definition) is 5. The Morgan fingerprint density at radius 3 is 2.67 bits per heavy atom. The van der Waals surface area contributed by atoms with Gasteiger partial charge in [0.15, 0.2) is 17.3 Å². The number of nitrogens with zero attached hydrogens (tertiary/aromatic N) is 1. The summed E-state index contributed by atoms with van der Waals surface area (Å²) in [6.45, 7) is 1.77. The second-order valence-electron chi connectivity index (χ2n) is 4.19. The second-order valence-corrected chi connectivity index (χ2v) is 4.19. The molecule has 0 radical (unpaired) electrons. The number of nitrogens with one attached hydrogen (secondary N) is 1. The molecule has 0 atom stereocenters. The molecule has 0 spiro atoms. The van der Waals surface area contributed by atoms with Crippen LogP contribution >= 0.6 is 0 Å². The van der Waals surface area contributed by atoms with Gasteiger partial charge in [-0.05, 0) is 31.2 Å². The molecule has 0 saturated carbocycles. The third-order valence-corrected chi connectivity index (χ3v) is 2.77. The molecule has 1 N–H and O–H groups in total. The maximum Gasteiger partial charge on any atom is 0.307 e. The quantitative estimate of drug-likeness (QED) is 0.677. The number of hydrogen-bond donors (Lipinski definition) is 1. The molecule has 21 heavy (non-hydrogen) atoms. The van der Waals surface area contributed by atoms with Gasteiger partial charge < -0.3 is 13.9 Å². The van der Waals surface area contributed by atoms with E-state index >= 15 is 0 Å². The number of ether oxygens (including phenoxy) is 2. The normalized spacial score (nSPS) is 10.6. The molecule has 0 aliphatic carbocycles. The molecule has 0 bridgehead atoms. The molecule has 6 nitrogen and oxygen atoms in total. The van der Waals surface area contributed by atoms with Crippen molar-refractivity contribution in [3.05, 3.63) is 47.4 Å². The van der Waals surface area contributed by atoms with Crippen molar-refractivity contribution in [2.24, 2.45) is 5.10 Å². The first-order valence-corrected chi connectivity index (χ1v) is 6.26. The Labute approximate surface area is 122 Å². The van der Waals surface area contributed by atoms with Crippen molar-refractivity contribution in [2.75, 3.05) is 14.2 Å². The molecule has 110 valence electrons. The zero-order valence-corrected chi connectivity index (χ0v) is 12.0. The Hall–Kier alpha value is -2.76. The van der Waals surface area contributed by atoms with Gasteiger partial charge in [-0.2, -0.15) is 5.10 Å². The van der Waals surface area contributed by atoms with Crippen molar-refractivity contribution in [3.8, 4) is 11.5 Å². The van der Waals surface area contributed by atoms with Crippen molar-refractivity contribution in [1.29, 1.82) is 0 Å². The van der Waals surface area contributed by atoms with E-state index in [1.807, 2.05) is 0 Å². The van der Waals surface area contributed by atoms with E-state index in [9.17, 15) is 4.79 Å². The summed E-state index contributed by atoms with van der Waals surface area (Å²) in [7, 11) is 3.10. The predicted octanol–water partition coefficient (Wildman–Crippen LogP) is 2.37. The van der Waals surface area contributed by atoms with E-state index in [2.05, 4.69) is 10.5 Å². The minimum atomic E-state index is -0.416. The Morgan fingerprint density at radius 1 is 1.24 bits per heavy atom. The molecule has 1 amide bonds. The van der Waals surface area contributed by atoms with E-state index in [-0.39, 0.29) is 5.76 Å². The number of benzene rings is 1. The lowest BCUT2D eigenvalue weighted by Crippen LogP contribution is -2.16. The summed E-state index contributed by atoms with van der Waals surface area (Å²) in [5.41, 5.74) is 3.08. The zero-order chi connectivity index (χ0) is 15.2. The van der Waals surface area contributed by atoms with Gasteiger partial charge in [-0.25, -0.2) is 5.43 Å². The van der Waals surface area contributed by atoms with Crippen LogP contribution < -0.4 is 14.9 Å². The van der Waals surface area contributed by atoms with E-state index in [0.717, 1.165) is 0 Å². The molecule has 1 aromatic heterocycles. The van der Waals surface area contributed by atoms with E-state index < -0.39 is 5.91 Å². The number of furan rings is 1. The van der Waals surface area contributed by atoms with E-state index in [1.165, 1.54) is 6.21 Å². The monoisotopic (exact) mass is 288 g/mol. The average molecular weight is 288 g/mol. The molecule has 6 heteroatoms. The summed E-state index contributed by atoms with van der Waals surface area (Å²) in [6, 6.07) is 8.69. The molecule has 0 aliphatic rings. The predicted molar refractivity (Wildman–Crippen MR) is 78.1 cm³/mol. The minimum Gasteiger partial charge on any atom is -0.493 e. The number of carbonyl (C=O) groups excluding carboxylic acids is 1. The lowest BCUT2D eigenvalue weighted by molar-refractivity contribution is 0.0926. The van der Waals surface area contributed by atoms with Crippen LogP contribution in [-0.4, -0.2) is 26.3 Å². The fraction of sp³-hybridized carbons (Fsp3) is 0.200. The second kappa shape index (κ2) is 6.60. The molecular weight excluding hydrogens is 272 g/mol. The standard InChI is InChI=1S/C15H16N2O4/c1-10-7-8-13(21-10)15(18)17-16-9-11-5-4-6-12(19-2)14(11)20-3/h4-9H,1-3H3,(H,17,18)/b16-9-. The van der Waals surface area contributed by atoms with E-state index in [1.54, 1.807) is 51.5 Å². The number of carbonyl (C=O) groups is 1.